The van der Waals surface area contributed by atoms with Crippen molar-refractivity contribution >= 4 is 17.5 Å². The Morgan fingerprint density at radius 2 is 2.19 bits per heavy atom. The summed E-state index contributed by atoms with van der Waals surface area (Å²) in [7, 11) is 0. The maximum absolute atomic E-state index is 11.3. The van der Waals surface area contributed by atoms with Crippen LogP contribution in [0.4, 0.5) is 17.5 Å². The average molecular weight is 296 g/mol. The van der Waals surface area contributed by atoms with E-state index in [-0.39, 0.29) is 29.3 Å². The van der Waals surface area contributed by atoms with Crippen LogP contribution in [0.2, 0.25) is 0 Å². The molecule has 1 unspecified atom stereocenters. The van der Waals surface area contributed by atoms with Crippen molar-refractivity contribution in [1.82, 2.24) is 9.97 Å². The number of ether oxygens (including phenoxy) is 1. The summed E-state index contributed by atoms with van der Waals surface area (Å²) in [6, 6.07) is 0. The molecule has 1 fully saturated rings. The summed E-state index contributed by atoms with van der Waals surface area (Å²) >= 11 is 0. The summed E-state index contributed by atoms with van der Waals surface area (Å²) in [5.74, 6) is 5.76. The molecule has 0 aromatic carbocycles. The maximum atomic E-state index is 11.3. The molecule has 2 rings (SSSR count). The summed E-state index contributed by atoms with van der Waals surface area (Å²) in [5, 5.41) is 11.3. The third-order valence-corrected chi connectivity index (χ3v) is 3.22. The Morgan fingerprint density at radius 3 is 2.71 bits per heavy atom. The number of nitro groups is 1. The van der Waals surface area contributed by atoms with Crippen molar-refractivity contribution in [3.63, 3.8) is 0 Å². The van der Waals surface area contributed by atoms with Gasteiger partial charge in [0.25, 0.3) is 0 Å². The molecule has 1 aromatic rings. The molecule has 2 heterocycles. The highest BCUT2D eigenvalue weighted by atomic mass is 16.6. The van der Waals surface area contributed by atoms with Crippen molar-refractivity contribution in [2.45, 2.75) is 39.4 Å². The predicted molar refractivity (Wildman–Crippen MR) is 78.1 cm³/mol. The fourth-order valence-corrected chi connectivity index (χ4v) is 2.67. The zero-order valence-electron chi connectivity index (χ0n) is 12.6. The van der Waals surface area contributed by atoms with Crippen LogP contribution in [0.15, 0.2) is 0 Å². The van der Waals surface area contributed by atoms with Crippen molar-refractivity contribution < 1.29 is 9.66 Å². The van der Waals surface area contributed by atoms with E-state index >= 15 is 0 Å². The summed E-state index contributed by atoms with van der Waals surface area (Å²) in [4.78, 5) is 20.9. The molecule has 1 saturated heterocycles. The van der Waals surface area contributed by atoms with Crippen LogP contribution in [0.5, 0.6) is 0 Å². The standard InChI is InChI=1S/C12H20N6O3/c1-7-5-17(6-12(3,4)21-7)10-9(18(19)20)8(2)14-11(15-10)16-13/h7H,5-6,13H2,1-4H3,(H,14,15,16). The van der Waals surface area contributed by atoms with E-state index in [2.05, 4.69) is 15.4 Å². The molecule has 9 heteroatoms. The lowest BCUT2D eigenvalue weighted by Crippen LogP contribution is -2.52. The molecule has 0 aliphatic carbocycles. The molecule has 116 valence electrons. The molecular formula is C12H20N6O3. The van der Waals surface area contributed by atoms with E-state index < -0.39 is 10.5 Å². The van der Waals surface area contributed by atoms with Crippen LogP contribution in [0.25, 0.3) is 0 Å². The van der Waals surface area contributed by atoms with Crippen LogP contribution in [0.1, 0.15) is 26.5 Å². The number of nitrogens with zero attached hydrogens (tertiary/aromatic N) is 4. The molecule has 3 N–H and O–H groups in total. The Hall–Kier alpha value is -2.00. The fraction of sp³-hybridized carbons (Fsp3) is 0.667. The molecule has 1 aromatic heterocycles. The molecular weight excluding hydrogens is 276 g/mol. The number of aryl methyl sites for hydroxylation is 1. The first kappa shape index (κ1) is 15.4. The largest absolute Gasteiger partial charge is 0.369 e. The normalized spacial score (nSPS) is 21.2. The first-order valence-corrected chi connectivity index (χ1v) is 6.66. The number of nitrogen functional groups attached to an aromatic ring is 1. The number of nitrogens with one attached hydrogen (secondary N) is 1. The van der Waals surface area contributed by atoms with Crippen molar-refractivity contribution in [3.8, 4) is 0 Å². The zero-order valence-corrected chi connectivity index (χ0v) is 12.6. The molecule has 1 aliphatic heterocycles. The average Bonchev–Trinajstić information content (AvgIpc) is 2.34. The SMILES string of the molecule is Cc1nc(NN)nc(N2CC(C)OC(C)(C)C2)c1[N+](=O)[O-]. The predicted octanol–water partition coefficient (Wildman–Crippen LogP) is 0.983. The quantitative estimate of drug-likeness (QED) is 0.481. The lowest BCUT2D eigenvalue weighted by molar-refractivity contribution is -0.385. The number of anilines is 2. The van der Waals surface area contributed by atoms with E-state index in [1.165, 1.54) is 0 Å². The van der Waals surface area contributed by atoms with Crippen LogP contribution in [0, 0.1) is 17.0 Å². The minimum Gasteiger partial charge on any atom is -0.369 e. The van der Waals surface area contributed by atoms with Gasteiger partial charge in [0.15, 0.2) is 0 Å². The van der Waals surface area contributed by atoms with E-state index in [1.807, 2.05) is 25.7 Å². The molecule has 1 atom stereocenters. The van der Waals surface area contributed by atoms with Crippen molar-refractivity contribution in [2.24, 2.45) is 5.84 Å². The molecule has 0 amide bonds. The van der Waals surface area contributed by atoms with E-state index in [1.54, 1.807) is 6.92 Å². The number of nitrogens with two attached hydrogens (primary N) is 1. The van der Waals surface area contributed by atoms with E-state index in [0.29, 0.717) is 13.1 Å². The van der Waals surface area contributed by atoms with Gasteiger partial charge in [-0.05, 0) is 27.7 Å². The van der Waals surface area contributed by atoms with Crippen LogP contribution in [-0.4, -0.2) is 39.7 Å². The van der Waals surface area contributed by atoms with Gasteiger partial charge in [0, 0.05) is 13.1 Å². The van der Waals surface area contributed by atoms with Crippen molar-refractivity contribution in [1.29, 1.82) is 0 Å². The fourth-order valence-electron chi connectivity index (χ4n) is 2.67. The van der Waals surface area contributed by atoms with Crippen LogP contribution in [-0.2, 0) is 4.74 Å². The first-order chi connectivity index (χ1) is 9.73. The van der Waals surface area contributed by atoms with Gasteiger partial charge in [0.05, 0.1) is 16.6 Å². The van der Waals surface area contributed by atoms with Gasteiger partial charge in [-0.3, -0.25) is 15.5 Å². The molecule has 21 heavy (non-hydrogen) atoms. The van der Waals surface area contributed by atoms with Crippen LogP contribution >= 0.6 is 0 Å². The van der Waals surface area contributed by atoms with Crippen LogP contribution in [0.3, 0.4) is 0 Å². The Balaban J connectivity index is 2.50. The summed E-state index contributed by atoms with van der Waals surface area (Å²) in [6.07, 6.45) is -0.0575. The third kappa shape index (κ3) is 3.19. The van der Waals surface area contributed by atoms with Gasteiger partial charge in [-0.25, -0.2) is 10.8 Å². The molecule has 0 radical (unpaired) electrons. The summed E-state index contributed by atoms with van der Waals surface area (Å²) < 4.78 is 5.82. The minimum absolute atomic E-state index is 0.0575. The molecule has 9 nitrogen and oxygen atoms in total. The van der Waals surface area contributed by atoms with Gasteiger partial charge in [-0.2, -0.15) is 4.98 Å². The summed E-state index contributed by atoms with van der Waals surface area (Å²) in [5.41, 5.74) is 2.10. The van der Waals surface area contributed by atoms with Gasteiger partial charge < -0.3 is 9.64 Å². The molecule has 0 spiro atoms. The Labute approximate surface area is 122 Å². The van der Waals surface area contributed by atoms with Gasteiger partial charge in [-0.1, -0.05) is 0 Å². The van der Waals surface area contributed by atoms with Gasteiger partial charge in [-0.15, -0.1) is 0 Å². The van der Waals surface area contributed by atoms with E-state index in [4.69, 9.17) is 10.6 Å². The lowest BCUT2D eigenvalue weighted by atomic mass is 10.1. The first-order valence-electron chi connectivity index (χ1n) is 6.66. The number of hydrogen-bond donors (Lipinski definition) is 2. The second-order valence-electron chi connectivity index (χ2n) is 5.77. The monoisotopic (exact) mass is 296 g/mol. The summed E-state index contributed by atoms with van der Waals surface area (Å²) in [6.45, 7) is 8.40. The zero-order chi connectivity index (χ0) is 15.8. The topological polar surface area (TPSA) is 119 Å². The number of hydrogen-bond acceptors (Lipinski definition) is 8. The third-order valence-electron chi connectivity index (χ3n) is 3.22. The number of rotatable bonds is 3. The Kier molecular flexibility index (Phi) is 3.97. The highest BCUT2D eigenvalue weighted by molar-refractivity contribution is 5.62. The molecule has 0 bridgehead atoms. The van der Waals surface area contributed by atoms with Gasteiger partial charge >= 0.3 is 5.69 Å². The van der Waals surface area contributed by atoms with Crippen molar-refractivity contribution in [3.05, 3.63) is 15.8 Å². The van der Waals surface area contributed by atoms with Gasteiger partial charge in [0.1, 0.15) is 5.69 Å². The number of aromatic nitrogens is 2. The van der Waals surface area contributed by atoms with Crippen molar-refractivity contribution in [2.75, 3.05) is 23.4 Å². The molecule has 1 aliphatic rings. The second-order valence-corrected chi connectivity index (χ2v) is 5.77. The molecule has 0 saturated carbocycles. The minimum atomic E-state index is -0.460. The lowest BCUT2D eigenvalue weighted by Gasteiger charge is -2.42. The highest BCUT2D eigenvalue weighted by Gasteiger charge is 2.36. The second kappa shape index (κ2) is 5.41. The van der Waals surface area contributed by atoms with Gasteiger partial charge in [0.2, 0.25) is 11.8 Å². The smallest absolute Gasteiger partial charge is 0.332 e. The van der Waals surface area contributed by atoms with Crippen LogP contribution < -0.4 is 16.2 Å². The van der Waals surface area contributed by atoms with E-state index in [0.717, 1.165) is 0 Å². The Morgan fingerprint density at radius 1 is 1.52 bits per heavy atom. The number of hydrazine groups is 1. The Bertz CT molecular complexity index is 562. The number of morpholine rings is 1. The maximum Gasteiger partial charge on any atom is 0.332 e. The van der Waals surface area contributed by atoms with E-state index in [9.17, 15) is 10.1 Å². The highest BCUT2D eigenvalue weighted by Crippen LogP contribution is 2.33.